The maximum Gasteiger partial charge on any atom is 0.264 e. The van der Waals surface area contributed by atoms with E-state index in [-0.39, 0.29) is 23.7 Å². The Morgan fingerprint density at radius 2 is 2.00 bits per heavy atom. The largest absolute Gasteiger partial charge is 0.398 e. The SMILES string of the molecule is Bc1cc(N)c2c(=O)n(C3CC(B)C(=O)NC3=O)c(C)nc2c1. The Balaban J connectivity index is 2.24. The summed E-state index contributed by atoms with van der Waals surface area (Å²) in [5, 5.41) is 2.61. The number of nitrogens with zero attached hydrogens (tertiary/aromatic N) is 2. The summed E-state index contributed by atoms with van der Waals surface area (Å²) in [5.41, 5.74) is 7.39. The fourth-order valence-corrected chi connectivity index (χ4v) is 3.08. The summed E-state index contributed by atoms with van der Waals surface area (Å²) in [5.74, 6) is -0.727. The van der Waals surface area contributed by atoms with Gasteiger partial charge in [0.25, 0.3) is 5.56 Å². The number of carbonyl (C=O) groups excluding carboxylic acids is 2. The van der Waals surface area contributed by atoms with E-state index < -0.39 is 11.9 Å². The van der Waals surface area contributed by atoms with Gasteiger partial charge in [-0.2, -0.15) is 0 Å². The third-order valence-corrected chi connectivity index (χ3v) is 4.24. The van der Waals surface area contributed by atoms with Gasteiger partial charge in [-0.1, -0.05) is 5.46 Å². The van der Waals surface area contributed by atoms with E-state index in [1.165, 1.54) is 4.57 Å². The first-order valence-corrected chi connectivity index (χ1v) is 7.43. The van der Waals surface area contributed by atoms with Crippen LogP contribution >= 0.6 is 0 Å². The van der Waals surface area contributed by atoms with E-state index in [4.69, 9.17) is 5.73 Å². The summed E-state index contributed by atoms with van der Waals surface area (Å²) in [6, 6.07) is 2.74. The van der Waals surface area contributed by atoms with Gasteiger partial charge in [-0.25, -0.2) is 4.98 Å². The molecule has 2 heterocycles. The highest BCUT2D eigenvalue weighted by Crippen LogP contribution is 2.25. The standard InChI is InChI=1S/C14H16B2N4O3/c1-5-18-9-3-6(15)2-8(17)11(9)14(23)20(5)10-4-7(16)12(21)19-13(10)22/h2-3,7,10H,4,15-17H2,1H3,(H,19,21,22). The molecule has 9 heteroatoms. The average Bonchev–Trinajstić information content (AvgIpc) is 2.43. The second-order valence-corrected chi connectivity index (χ2v) is 6.09. The molecule has 1 saturated heterocycles. The molecule has 1 fully saturated rings. The predicted octanol–water partition coefficient (Wildman–Crippen LogP) is -2.45. The highest BCUT2D eigenvalue weighted by Gasteiger charge is 2.34. The van der Waals surface area contributed by atoms with Crippen molar-refractivity contribution in [1.29, 1.82) is 0 Å². The molecule has 1 aromatic heterocycles. The fraction of sp³-hybridized carbons (Fsp3) is 0.286. The van der Waals surface area contributed by atoms with Crippen molar-refractivity contribution >= 4 is 49.6 Å². The Morgan fingerprint density at radius 1 is 1.30 bits per heavy atom. The second-order valence-electron chi connectivity index (χ2n) is 6.09. The number of benzene rings is 1. The van der Waals surface area contributed by atoms with Crippen LogP contribution in [0, 0.1) is 6.92 Å². The molecule has 0 radical (unpaired) electrons. The number of imide groups is 1. The number of hydrogen-bond acceptors (Lipinski definition) is 5. The highest BCUT2D eigenvalue weighted by molar-refractivity contribution is 6.33. The molecule has 116 valence electrons. The van der Waals surface area contributed by atoms with E-state index in [1.807, 2.05) is 7.85 Å². The monoisotopic (exact) mass is 310 g/mol. The molecule has 3 rings (SSSR count). The van der Waals surface area contributed by atoms with Crippen molar-refractivity contribution in [1.82, 2.24) is 14.9 Å². The van der Waals surface area contributed by atoms with Crippen LogP contribution in [0.15, 0.2) is 16.9 Å². The van der Waals surface area contributed by atoms with E-state index in [0.717, 1.165) is 5.46 Å². The van der Waals surface area contributed by atoms with Gasteiger partial charge in [0.15, 0.2) is 0 Å². The van der Waals surface area contributed by atoms with Crippen LogP contribution in [0.4, 0.5) is 5.69 Å². The topological polar surface area (TPSA) is 107 Å². The molecule has 0 bridgehead atoms. The minimum absolute atomic E-state index is 0.268. The molecule has 3 N–H and O–H groups in total. The number of aromatic nitrogens is 2. The van der Waals surface area contributed by atoms with E-state index in [9.17, 15) is 14.4 Å². The number of fused-ring (bicyclic) bond motifs is 1. The van der Waals surface area contributed by atoms with Crippen molar-refractivity contribution in [2.45, 2.75) is 25.2 Å². The summed E-state index contributed by atoms with van der Waals surface area (Å²) < 4.78 is 1.34. The Hall–Kier alpha value is -2.57. The van der Waals surface area contributed by atoms with Gasteiger partial charge in [-0.05, 0) is 25.5 Å². The lowest BCUT2D eigenvalue weighted by Gasteiger charge is -2.28. The van der Waals surface area contributed by atoms with Gasteiger partial charge in [0, 0.05) is 11.5 Å². The molecule has 7 nitrogen and oxygen atoms in total. The number of rotatable bonds is 1. The summed E-state index contributed by atoms with van der Waals surface area (Å²) in [4.78, 5) is 41.1. The molecule has 2 atom stereocenters. The van der Waals surface area contributed by atoms with Gasteiger partial charge in [0.1, 0.15) is 27.6 Å². The molecule has 1 aliphatic heterocycles. The molecule has 0 aliphatic carbocycles. The van der Waals surface area contributed by atoms with Crippen LogP contribution in [0.3, 0.4) is 0 Å². The van der Waals surface area contributed by atoms with Crippen LogP contribution in [-0.2, 0) is 9.59 Å². The molecular weight excluding hydrogens is 294 g/mol. The van der Waals surface area contributed by atoms with Crippen LogP contribution in [0.1, 0.15) is 18.3 Å². The quantitative estimate of drug-likeness (QED) is 0.346. The molecular formula is C14H16B2N4O3. The average molecular weight is 310 g/mol. The van der Waals surface area contributed by atoms with Crippen molar-refractivity contribution in [2.75, 3.05) is 5.73 Å². The minimum Gasteiger partial charge on any atom is -0.398 e. The first kappa shape index (κ1) is 15.3. The maximum absolute atomic E-state index is 12.9. The first-order chi connectivity index (χ1) is 10.8. The zero-order valence-corrected chi connectivity index (χ0v) is 13.2. The Morgan fingerprint density at radius 3 is 2.70 bits per heavy atom. The minimum atomic E-state index is -0.757. The molecule has 2 unspecified atom stereocenters. The van der Waals surface area contributed by atoms with Gasteiger partial charge < -0.3 is 5.73 Å². The third kappa shape index (κ3) is 2.42. The number of nitrogen functional groups attached to an aromatic ring is 1. The second kappa shape index (κ2) is 5.26. The molecule has 23 heavy (non-hydrogen) atoms. The molecule has 0 saturated carbocycles. The molecule has 2 amide bonds. The number of aryl methyl sites for hydroxylation is 1. The van der Waals surface area contributed by atoms with E-state index in [0.29, 0.717) is 22.4 Å². The molecule has 1 aromatic carbocycles. The third-order valence-electron chi connectivity index (χ3n) is 4.24. The normalized spacial score (nSPS) is 21.4. The smallest absolute Gasteiger partial charge is 0.264 e. The van der Waals surface area contributed by atoms with Gasteiger partial charge in [0.05, 0.1) is 10.9 Å². The Bertz CT molecular complexity index is 909. The van der Waals surface area contributed by atoms with Crippen molar-refractivity contribution in [2.24, 2.45) is 0 Å². The summed E-state index contributed by atoms with van der Waals surface area (Å²) in [7, 11) is 3.60. The molecule has 1 aliphatic rings. The summed E-state index contributed by atoms with van der Waals surface area (Å²) in [6.45, 7) is 1.67. The predicted molar refractivity (Wildman–Crippen MR) is 92.4 cm³/mol. The number of amides is 2. The lowest BCUT2D eigenvalue weighted by atomic mass is 9.78. The van der Waals surface area contributed by atoms with Crippen LogP contribution in [0.5, 0.6) is 0 Å². The van der Waals surface area contributed by atoms with Crippen molar-refractivity contribution in [3.05, 3.63) is 28.3 Å². The van der Waals surface area contributed by atoms with Gasteiger partial charge in [-0.3, -0.25) is 24.3 Å². The fourth-order valence-electron chi connectivity index (χ4n) is 3.08. The van der Waals surface area contributed by atoms with Gasteiger partial charge >= 0.3 is 0 Å². The first-order valence-electron chi connectivity index (χ1n) is 7.43. The number of nitrogens with two attached hydrogens (primary N) is 1. The number of piperidine rings is 1. The summed E-state index contributed by atoms with van der Waals surface area (Å²) in [6.07, 6.45) is 0.268. The van der Waals surface area contributed by atoms with Crippen molar-refractivity contribution in [3.8, 4) is 0 Å². The highest BCUT2D eigenvalue weighted by atomic mass is 16.2. The maximum atomic E-state index is 12.9. The number of nitrogens with one attached hydrogen (secondary N) is 1. The van der Waals surface area contributed by atoms with Crippen molar-refractivity contribution < 1.29 is 9.59 Å². The van der Waals surface area contributed by atoms with E-state index >= 15 is 0 Å². The Kier molecular flexibility index (Phi) is 3.50. The van der Waals surface area contributed by atoms with Gasteiger partial charge in [-0.15, -0.1) is 0 Å². The summed E-state index contributed by atoms with van der Waals surface area (Å²) >= 11 is 0. The van der Waals surface area contributed by atoms with Crippen molar-refractivity contribution in [3.63, 3.8) is 0 Å². The lowest BCUT2D eigenvalue weighted by Crippen LogP contribution is -2.47. The molecule has 0 spiro atoms. The van der Waals surface area contributed by atoms with Crippen LogP contribution in [-0.4, -0.2) is 37.1 Å². The van der Waals surface area contributed by atoms with E-state index in [1.54, 1.807) is 26.9 Å². The van der Waals surface area contributed by atoms with Gasteiger partial charge in [0.2, 0.25) is 11.8 Å². The van der Waals surface area contributed by atoms with Crippen LogP contribution < -0.4 is 22.1 Å². The molecule has 2 aromatic rings. The number of anilines is 1. The van der Waals surface area contributed by atoms with Crippen LogP contribution in [0.25, 0.3) is 10.9 Å². The van der Waals surface area contributed by atoms with Crippen LogP contribution in [0.2, 0.25) is 5.82 Å². The Labute approximate surface area is 134 Å². The lowest BCUT2D eigenvalue weighted by molar-refractivity contribution is -0.135. The zero-order chi connectivity index (χ0) is 16.9. The van der Waals surface area contributed by atoms with E-state index in [2.05, 4.69) is 10.3 Å². The number of carbonyl (C=O) groups is 2. The number of hydrogen-bond donors (Lipinski definition) is 2. The zero-order valence-electron chi connectivity index (χ0n) is 13.2.